The van der Waals surface area contributed by atoms with E-state index in [1.807, 2.05) is 25.4 Å². The van der Waals surface area contributed by atoms with Crippen LogP contribution in [0.1, 0.15) is 26.7 Å². The van der Waals surface area contributed by atoms with E-state index in [0.717, 1.165) is 23.6 Å². The van der Waals surface area contributed by atoms with Gasteiger partial charge in [0.25, 0.3) is 0 Å². The molecule has 3 nitrogen and oxygen atoms in total. The molecule has 0 aliphatic carbocycles. The maximum absolute atomic E-state index is 10.2. The van der Waals surface area contributed by atoms with Gasteiger partial charge in [-0.05, 0) is 45.1 Å². The third-order valence-electron chi connectivity index (χ3n) is 3.41. The molecule has 0 bridgehead atoms. The maximum Gasteiger partial charge on any atom is 0.0958 e. The van der Waals surface area contributed by atoms with Crippen molar-refractivity contribution in [1.82, 2.24) is 4.98 Å². The molecule has 0 spiro atoms. The summed E-state index contributed by atoms with van der Waals surface area (Å²) >= 11 is 1.65. The Morgan fingerprint density at radius 3 is 2.88 bits per heavy atom. The summed E-state index contributed by atoms with van der Waals surface area (Å²) in [4.78, 5) is 6.64. The lowest BCUT2D eigenvalue weighted by Gasteiger charge is -2.42. The molecule has 2 heterocycles. The number of piperidine rings is 1. The molecule has 4 heteroatoms. The Morgan fingerprint density at radius 2 is 2.29 bits per heavy atom. The second-order valence-corrected chi connectivity index (χ2v) is 5.90. The lowest BCUT2D eigenvalue weighted by Crippen LogP contribution is -2.50. The van der Waals surface area contributed by atoms with Crippen LogP contribution in [0.25, 0.3) is 0 Å². The summed E-state index contributed by atoms with van der Waals surface area (Å²) in [5.74, 6) is 0. The van der Waals surface area contributed by atoms with Crippen LogP contribution in [0, 0.1) is 0 Å². The zero-order valence-corrected chi connectivity index (χ0v) is 11.5. The Kier molecular flexibility index (Phi) is 3.64. The molecule has 2 rings (SSSR count). The molecule has 1 N–H and O–H groups in total. The van der Waals surface area contributed by atoms with Gasteiger partial charge in [0.1, 0.15) is 0 Å². The maximum atomic E-state index is 10.2. The van der Waals surface area contributed by atoms with Crippen LogP contribution in [-0.2, 0) is 0 Å². The highest BCUT2D eigenvalue weighted by molar-refractivity contribution is 7.98. The SMILES string of the molecule is CSc1ccc(N2C[C@@](C)(O)CC[C@H]2C)cn1. The van der Waals surface area contributed by atoms with Gasteiger partial charge in [-0.3, -0.25) is 0 Å². The highest BCUT2D eigenvalue weighted by Gasteiger charge is 2.32. The van der Waals surface area contributed by atoms with E-state index < -0.39 is 5.60 Å². The molecule has 1 aliphatic heterocycles. The fraction of sp³-hybridized carbons (Fsp3) is 0.615. The lowest BCUT2D eigenvalue weighted by atomic mass is 9.90. The Morgan fingerprint density at radius 1 is 1.53 bits per heavy atom. The molecule has 0 saturated carbocycles. The van der Waals surface area contributed by atoms with E-state index in [0.29, 0.717) is 12.6 Å². The monoisotopic (exact) mass is 252 g/mol. The van der Waals surface area contributed by atoms with Crippen molar-refractivity contribution in [3.8, 4) is 0 Å². The van der Waals surface area contributed by atoms with Crippen molar-refractivity contribution in [1.29, 1.82) is 0 Å². The molecule has 1 aromatic heterocycles. The minimum Gasteiger partial charge on any atom is -0.388 e. The standard InChI is InChI=1S/C13H20N2OS/c1-10-6-7-13(2,16)9-15(10)11-4-5-12(17-3)14-8-11/h4-5,8,10,16H,6-7,9H2,1-3H3/t10-,13+/m1/s1. The molecule has 1 aromatic rings. The van der Waals surface area contributed by atoms with Gasteiger partial charge in [0.2, 0.25) is 0 Å². The molecule has 1 saturated heterocycles. The van der Waals surface area contributed by atoms with Crippen LogP contribution in [0.4, 0.5) is 5.69 Å². The first-order valence-electron chi connectivity index (χ1n) is 6.01. The number of thioether (sulfide) groups is 1. The number of β-amino-alcohol motifs (C(OH)–C–C–N with tert-alkyl or cyclic N) is 1. The third kappa shape index (κ3) is 2.93. The number of pyridine rings is 1. The fourth-order valence-corrected chi connectivity index (χ4v) is 2.65. The molecular weight excluding hydrogens is 232 g/mol. The average molecular weight is 252 g/mol. The number of anilines is 1. The molecule has 1 fully saturated rings. The fourth-order valence-electron chi connectivity index (χ4n) is 2.29. The minimum absolute atomic E-state index is 0.470. The summed E-state index contributed by atoms with van der Waals surface area (Å²) < 4.78 is 0. The van der Waals surface area contributed by atoms with E-state index in [1.54, 1.807) is 11.8 Å². The van der Waals surface area contributed by atoms with Crippen molar-refractivity contribution >= 4 is 17.4 Å². The molecule has 0 unspecified atom stereocenters. The van der Waals surface area contributed by atoms with Crippen LogP contribution in [0.5, 0.6) is 0 Å². The van der Waals surface area contributed by atoms with E-state index in [-0.39, 0.29) is 0 Å². The van der Waals surface area contributed by atoms with Gasteiger partial charge in [-0.25, -0.2) is 4.98 Å². The largest absolute Gasteiger partial charge is 0.388 e. The van der Waals surface area contributed by atoms with Gasteiger partial charge in [0, 0.05) is 12.6 Å². The number of hydrogen-bond donors (Lipinski definition) is 1. The predicted octanol–water partition coefficient (Wildman–Crippen LogP) is 2.54. The Bertz CT molecular complexity index is 378. The van der Waals surface area contributed by atoms with Crippen molar-refractivity contribution in [2.75, 3.05) is 17.7 Å². The first-order valence-corrected chi connectivity index (χ1v) is 7.23. The van der Waals surface area contributed by atoms with Crippen LogP contribution < -0.4 is 4.90 Å². The first-order chi connectivity index (χ1) is 8.02. The lowest BCUT2D eigenvalue weighted by molar-refractivity contribution is 0.0378. The van der Waals surface area contributed by atoms with Gasteiger partial charge in [-0.15, -0.1) is 11.8 Å². The van der Waals surface area contributed by atoms with E-state index in [9.17, 15) is 5.11 Å². The third-order valence-corrected chi connectivity index (χ3v) is 4.07. The molecule has 94 valence electrons. The molecule has 0 amide bonds. The van der Waals surface area contributed by atoms with Crippen molar-refractivity contribution < 1.29 is 5.11 Å². The second-order valence-electron chi connectivity index (χ2n) is 5.07. The zero-order chi connectivity index (χ0) is 12.5. The molecule has 0 aromatic carbocycles. The Balaban J connectivity index is 2.18. The van der Waals surface area contributed by atoms with Crippen molar-refractivity contribution in [2.45, 2.75) is 43.4 Å². The van der Waals surface area contributed by atoms with Crippen molar-refractivity contribution in [3.05, 3.63) is 18.3 Å². The number of hydrogen-bond acceptors (Lipinski definition) is 4. The number of rotatable bonds is 2. The summed E-state index contributed by atoms with van der Waals surface area (Å²) in [7, 11) is 0. The van der Waals surface area contributed by atoms with Gasteiger partial charge in [0.05, 0.1) is 22.5 Å². The van der Waals surface area contributed by atoms with Crippen LogP contribution in [0.2, 0.25) is 0 Å². The smallest absolute Gasteiger partial charge is 0.0958 e. The van der Waals surface area contributed by atoms with E-state index in [1.165, 1.54) is 0 Å². The highest BCUT2D eigenvalue weighted by Crippen LogP contribution is 2.29. The summed E-state index contributed by atoms with van der Waals surface area (Å²) in [5, 5.41) is 11.2. The van der Waals surface area contributed by atoms with Gasteiger partial charge in [0.15, 0.2) is 0 Å². The van der Waals surface area contributed by atoms with Gasteiger partial charge < -0.3 is 10.0 Å². The topological polar surface area (TPSA) is 36.4 Å². The molecule has 17 heavy (non-hydrogen) atoms. The van der Waals surface area contributed by atoms with E-state index in [2.05, 4.69) is 22.9 Å². The average Bonchev–Trinajstić information content (AvgIpc) is 2.33. The second kappa shape index (κ2) is 4.86. The van der Waals surface area contributed by atoms with Gasteiger partial charge in [-0.1, -0.05) is 0 Å². The summed E-state index contributed by atoms with van der Waals surface area (Å²) in [6.45, 7) is 4.81. The van der Waals surface area contributed by atoms with Crippen LogP contribution in [0.3, 0.4) is 0 Å². The minimum atomic E-state index is -0.579. The molecule has 2 atom stereocenters. The number of aromatic nitrogens is 1. The van der Waals surface area contributed by atoms with Gasteiger partial charge >= 0.3 is 0 Å². The molecule has 1 aliphatic rings. The predicted molar refractivity (Wildman–Crippen MR) is 72.7 cm³/mol. The summed E-state index contributed by atoms with van der Waals surface area (Å²) in [6, 6.07) is 4.60. The Hall–Kier alpha value is -0.740. The quantitative estimate of drug-likeness (QED) is 0.821. The number of aliphatic hydroxyl groups is 1. The van der Waals surface area contributed by atoms with Gasteiger partial charge in [-0.2, -0.15) is 0 Å². The van der Waals surface area contributed by atoms with E-state index in [4.69, 9.17) is 0 Å². The van der Waals surface area contributed by atoms with Crippen LogP contribution in [0.15, 0.2) is 23.4 Å². The zero-order valence-electron chi connectivity index (χ0n) is 10.7. The molecule has 0 radical (unpaired) electrons. The van der Waals surface area contributed by atoms with E-state index >= 15 is 0 Å². The first kappa shape index (κ1) is 12.7. The van der Waals surface area contributed by atoms with Crippen LogP contribution >= 0.6 is 11.8 Å². The summed E-state index contributed by atoms with van der Waals surface area (Å²) in [6.07, 6.45) is 5.83. The van der Waals surface area contributed by atoms with Crippen molar-refractivity contribution in [2.24, 2.45) is 0 Å². The summed E-state index contributed by atoms with van der Waals surface area (Å²) in [5.41, 5.74) is 0.528. The highest BCUT2D eigenvalue weighted by atomic mass is 32.2. The normalized spacial score (nSPS) is 29.4. The van der Waals surface area contributed by atoms with Crippen molar-refractivity contribution in [3.63, 3.8) is 0 Å². The number of nitrogens with zero attached hydrogens (tertiary/aromatic N) is 2. The van der Waals surface area contributed by atoms with Crippen LogP contribution in [-0.4, -0.2) is 34.5 Å². The Labute approximate surface area is 107 Å². The molecular formula is C13H20N2OS.